The second-order valence-electron chi connectivity index (χ2n) is 5.11. The van der Waals surface area contributed by atoms with Gasteiger partial charge in [0, 0.05) is 25.7 Å². The van der Waals surface area contributed by atoms with Crippen molar-refractivity contribution in [2.75, 3.05) is 26.2 Å². The number of ether oxygens (including phenoxy) is 1. The summed E-state index contributed by atoms with van der Waals surface area (Å²) in [5, 5.41) is 0. The van der Waals surface area contributed by atoms with E-state index in [0.717, 1.165) is 26.2 Å². The van der Waals surface area contributed by atoms with Crippen molar-refractivity contribution in [1.82, 2.24) is 4.90 Å². The van der Waals surface area contributed by atoms with Crippen molar-refractivity contribution in [3.05, 3.63) is 0 Å². The molecule has 1 aliphatic heterocycles. The molecule has 0 amide bonds. The van der Waals surface area contributed by atoms with Crippen molar-refractivity contribution in [3.63, 3.8) is 0 Å². The van der Waals surface area contributed by atoms with Crippen molar-refractivity contribution < 1.29 is 4.74 Å². The van der Waals surface area contributed by atoms with Gasteiger partial charge in [-0.05, 0) is 19.8 Å². The van der Waals surface area contributed by atoms with Gasteiger partial charge in [0.25, 0.3) is 0 Å². The largest absolute Gasteiger partial charge is 0.385 e. The second kappa shape index (κ2) is 6.21. The van der Waals surface area contributed by atoms with Crippen LogP contribution in [0.3, 0.4) is 0 Å². The van der Waals surface area contributed by atoms with E-state index in [1.54, 1.807) is 0 Å². The Bertz CT molecular complexity index is 238. The second-order valence-corrected chi connectivity index (χ2v) is 5.11. The van der Waals surface area contributed by atoms with Gasteiger partial charge in [-0.1, -0.05) is 13.8 Å². The summed E-state index contributed by atoms with van der Waals surface area (Å²) in [6, 6.07) is 0.546. The summed E-state index contributed by atoms with van der Waals surface area (Å²) < 4.78 is 5.65. The van der Waals surface area contributed by atoms with Crippen LogP contribution in [0.1, 0.15) is 27.7 Å². The number of hydrogen-bond acceptors (Lipinski definition) is 3. The lowest BCUT2D eigenvalue weighted by molar-refractivity contribution is -0.00618. The lowest BCUT2D eigenvalue weighted by Crippen LogP contribution is -2.50. The third-order valence-corrected chi connectivity index (χ3v) is 2.80. The van der Waals surface area contributed by atoms with Crippen molar-refractivity contribution in [2.24, 2.45) is 16.6 Å². The first-order valence-electron chi connectivity index (χ1n) is 6.16. The van der Waals surface area contributed by atoms with Gasteiger partial charge in [-0.3, -0.25) is 9.89 Å². The average molecular weight is 227 g/mol. The molecule has 1 fully saturated rings. The number of hydrogen-bond donors (Lipinski definition) is 1. The van der Waals surface area contributed by atoms with Crippen LogP contribution in [0.2, 0.25) is 0 Å². The van der Waals surface area contributed by atoms with E-state index in [-0.39, 0.29) is 6.10 Å². The summed E-state index contributed by atoms with van der Waals surface area (Å²) in [5.41, 5.74) is 5.96. The topological polar surface area (TPSA) is 50.8 Å². The van der Waals surface area contributed by atoms with Gasteiger partial charge in [0.05, 0.1) is 6.61 Å². The number of nitrogens with two attached hydrogens (primary N) is 1. The van der Waals surface area contributed by atoms with E-state index in [1.165, 1.54) is 0 Å². The van der Waals surface area contributed by atoms with Gasteiger partial charge in [0.2, 0.25) is 0 Å². The maximum absolute atomic E-state index is 5.96. The molecule has 16 heavy (non-hydrogen) atoms. The van der Waals surface area contributed by atoms with Crippen LogP contribution >= 0.6 is 0 Å². The summed E-state index contributed by atoms with van der Waals surface area (Å²) in [6.45, 7) is 12.1. The van der Waals surface area contributed by atoms with Crippen LogP contribution in [-0.4, -0.2) is 49.1 Å². The van der Waals surface area contributed by atoms with E-state index in [9.17, 15) is 0 Å². The zero-order valence-corrected chi connectivity index (χ0v) is 10.9. The molecule has 1 aliphatic rings. The molecule has 2 N–H and O–H groups in total. The first-order valence-corrected chi connectivity index (χ1v) is 6.16. The van der Waals surface area contributed by atoms with Gasteiger partial charge < -0.3 is 10.5 Å². The highest BCUT2D eigenvalue weighted by atomic mass is 16.5. The first kappa shape index (κ1) is 13.5. The Hall–Kier alpha value is -0.610. The number of rotatable bonds is 4. The lowest BCUT2D eigenvalue weighted by atomic mass is 10.2. The third kappa shape index (κ3) is 4.10. The summed E-state index contributed by atoms with van der Waals surface area (Å²) in [4.78, 5) is 6.76. The summed E-state index contributed by atoms with van der Waals surface area (Å²) in [7, 11) is 0. The highest BCUT2D eigenvalue weighted by Gasteiger charge is 2.24. The van der Waals surface area contributed by atoms with Crippen LogP contribution in [0.25, 0.3) is 0 Å². The molecule has 0 aromatic heterocycles. The molecule has 0 saturated carbocycles. The Labute approximate surface area is 98.9 Å². The standard InChI is InChI=1S/C12H25N3O/c1-9(2)7-14-12(13)11-8-15(10(3)4)5-6-16-11/h9-11H,5-8H2,1-4H3,(H2,13,14). The highest BCUT2D eigenvalue weighted by Crippen LogP contribution is 2.09. The molecule has 1 atom stereocenters. The normalized spacial score (nSPS) is 24.4. The van der Waals surface area contributed by atoms with E-state index >= 15 is 0 Å². The van der Waals surface area contributed by atoms with Crippen molar-refractivity contribution in [1.29, 1.82) is 0 Å². The minimum absolute atomic E-state index is 0.0186. The van der Waals surface area contributed by atoms with Gasteiger partial charge in [-0.15, -0.1) is 0 Å². The van der Waals surface area contributed by atoms with Gasteiger partial charge in [-0.2, -0.15) is 0 Å². The number of aliphatic imine (C=N–C) groups is 1. The molecular weight excluding hydrogens is 202 g/mol. The first-order chi connectivity index (χ1) is 7.50. The maximum Gasteiger partial charge on any atom is 0.127 e. The summed E-state index contributed by atoms with van der Waals surface area (Å²) in [6.07, 6.45) is -0.0186. The van der Waals surface area contributed by atoms with E-state index < -0.39 is 0 Å². The molecule has 94 valence electrons. The SMILES string of the molecule is CC(C)CN=C(N)C1CN(C(C)C)CCO1. The third-order valence-electron chi connectivity index (χ3n) is 2.80. The van der Waals surface area contributed by atoms with E-state index in [2.05, 4.69) is 37.6 Å². The Morgan fingerprint density at radius 1 is 1.44 bits per heavy atom. The van der Waals surface area contributed by atoms with Crippen LogP contribution in [0.5, 0.6) is 0 Å². The van der Waals surface area contributed by atoms with E-state index in [4.69, 9.17) is 10.5 Å². The highest BCUT2D eigenvalue weighted by molar-refractivity contribution is 5.85. The lowest BCUT2D eigenvalue weighted by Gasteiger charge is -2.35. The van der Waals surface area contributed by atoms with Gasteiger partial charge in [0.15, 0.2) is 0 Å². The summed E-state index contributed by atoms with van der Waals surface area (Å²) in [5.74, 6) is 1.20. The van der Waals surface area contributed by atoms with Crippen LogP contribution in [-0.2, 0) is 4.74 Å². The Kier molecular flexibility index (Phi) is 5.22. The van der Waals surface area contributed by atoms with Crippen molar-refractivity contribution in [3.8, 4) is 0 Å². The smallest absolute Gasteiger partial charge is 0.127 e. The minimum Gasteiger partial charge on any atom is -0.385 e. The molecule has 4 heteroatoms. The molecule has 0 spiro atoms. The summed E-state index contributed by atoms with van der Waals surface area (Å²) >= 11 is 0. The molecule has 1 rings (SSSR count). The monoisotopic (exact) mass is 227 g/mol. The molecule has 0 bridgehead atoms. The zero-order chi connectivity index (χ0) is 12.1. The minimum atomic E-state index is -0.0186. The van der Waals surface area contributed by atoms with Crippen LogP contribution in [0.15, 0.2) is 4.99 Å². The molecule has 0 aromatic carbocycles. The molecular formula is C12H25N3O. The van der Waals surface area contributed by atoms with Crippen LogP contribution in [0.4, 0.5) is 0 Å². The van der Waals surface area contributed by atoms with Crippen LogP contribution < -0.4 is 5.73 Å². The fourth-order valence-electron chi connectivity index (χ4n) is 1.71. The van der Waals surface area contributed by atoms with Crippen molar-refractivity contribution >= 4 is 5.84 Å². The van der Waals surface area contributed by atoms with Gasteiger partial charge in [0.1, 0.15) is 11.9 Å². The Morgan fingerprint density at radius 2 is 2.12 bits per heavy atom. The van der Waals surface area contributed by atoms with E-state index in [0.29, 0.717) is 17.8 Å². The van der Waals surface area contributed by atoms with E-state index in [1.807, 2.05) is 0 Å². The van der Waals surface area contributed by atoms with Gasteiger partial charge >= 0.3 is 0 Å². The molecule has 1 saturated heterocycles. The number of amidine groups is 1. The molecule has 4 nitrogen and oxygen atoms in total. The maximum atomic E-state index is 5.96. The van der Waals surface area contributed by atoms with Gasteiger partial charge in [-0.25, -0.2) is 0 Å². The Balaban J connectivity index is 2.49. The predicted octanol–water partition coefficient (Wildman–Crippen LogP) is 1.11. The molecule has 1 unspecified atom stereocenters. The number of nitrogens with zero attached hydrogens (tertiary/aromatic N) is 2. The molecule has 0 aromatic rings. The molecule has 0 radical (unpaired) electrons. The predicted molar refractivity (Wildman–Crippen MR) is 67.8 cm³/mol. The van der Waals surface area contributed by atoms with Crippen molar-refractivity contribution in [2.45, 2.75) is 39.8 Å². The average Bonchev–Trinajstić information content (AvgIpc) is 2.26. The quantitative estimate of drug-likeness (QED) is 0.578. The fourth-order valence-corrected chi connectivity index (χ4v) is 1.71. The molecule has 1 heterocycles. The fraction of sp³-hybridized carbons (Fsp3) is 0.917. The zero-order valence-electron chi connectivity index (χ0n) is 10.9. The Morgan fingerprint density at radius 3 is 2.69 bits per heavy atom. The number of morpholine rings is 1. The van der Waals surface area contributed by atoms with Crippen LogP contribution in [0, 0.1) is 5.92 Å². The molecule has 0 aliphatic carbocycles.